The molecule has 0 N–H and O–H groups in total. The highest BCUT2D eigenvalue weighted by atomic mass is 16.2. The van der Waals surface area contributed by atoms with E-state index in [0.29, 0.717) is 18.7 Å². The molecule has 26 heavy (non-hydrogen) atoms. The maximum absolute atomic E-state index is 12.9. The third kappa shape index (κ3) is 2.83. The molecule has 3 heterocycles. The molecule has 6 nitrogen and oxygen atoms in total. The second kappa shape index (κ2) is 6.29. The molecule has 0 radical (unpaired) electrons. The van der Waals surface area contributed by atoms with Gasteiger partial charge < -0.3 is 9.80 Å². The van der Waals surface area contributed by atoms with Gasteiger partial charge in [-0.3, -0.25) is 9.59 Å². The van der Waals surface area contributed by atoms with Gasteiger partial charge in [-0.25, -0.2) is 4.52 Å². The summed E-state index contributed by atoms with van der Waals surface area (Å²) in [4.78, 5) is 28.9. The van der Waals surface area contributed by atoms with Crippen molar-refractivity contribution in [1.82, 2.24) is 14.5 Å². The van der Waals surface area contributed by atoms with Gasteiger partial charge in [0, 0.05) is 25.0 Å². The van der Waals surface area contributed by atoms with E-state index >= 15 is 0 Å². The summed E-state index contributed by atoms with van der Waals surface area (Å²) in [5, 5.41) is 4.21. The molecule has 2 aromatic heterocycles. The highest BCUT2D eigenvalue weighted by Crippen LogP contribution is 2.22. The van der Waals surface area contributed by atoms with Crippen molar-refractivity contribution in [3.05, 3.63) is 65.5 Å². The number of hydrogen-bond donors (Lipinski definition) is 0. The molecule has 1 aliphatic heterocycles. The minimum Gasteiger partial charge on any atom is -0.327 e. The lowest BCUT2D eigenvalue weighted by Crippen LogP contribution is -2.52. The van der Waals surface area contributed by atoms with Crippen LogP contribution in [0.3, 0.4) is 0 Å². The van der Waals surface area contributed by atoms with Crippen molar-refractivity contribution in [1.29, 1.82) is 0 Å². The Morgan fingerprint density at radius 3 is 2.58 bits per heavy atom. The number of aryl methyl sites for hydroxylation is 2. The van der Waals surface area contributed by atoms with Crippen molar-refractivity contribution in [3.8, 4) is 0 Å². The van der Waals surface area contributed by atoms with Crippen LogP contribution in [0, 0.1) is 13.8 Å². The molecule has 1 aromatic carbocycles. The van der Waals surface area contributed by atoms with Crippen LogP contribution in [0.5, 0.6) is 0 Å². The number of fused-ring (bicyclic) bond motifs is 1. The quantitative estimate of drug-likeness (QED) is 0.715. The van der Waals surface area contributed by atoms with Gasteiger partial charge in [-0.05, 0) is 49.2 Å². The van der Waals surface area contributed by atoms with Crippen molar-refractivity contribution < 1.29 is 9.59 Å². The number of nitrogens with zero attached hydrogens (tertiary/aromatic N) is 4. The lowest BCUT2D eigenvalue weighted by Gasteiger charge is -2.34. The molecule has 1 aliphatic rings. The number of hydrogen-bond acceptors (Lipinski definition) is 3. The van der Waals surface area contributed by atoms with Gasteiger partial charge in [0.1, 0.15) is 6.54 Å². The highest BCUT2D eigenvalue weighted by Gasteiger charge is 2.30. The first-order valence-electron chi connectivity index (χ1n) is 8.63. The number of benzene rings is 1. The fourth-order valence-electron chi connectivity index (χ4n) is 3.50. The topological polar surface area (TPSA) is 57.9 Å². The van der Waals surface area contributed by atoms with E-state index in [0.717, 1.165) is 22.3 Å². The van der Waals surface area contributed by atoms with Crippen LogP contribution in [-0.2, 0) is 4.79 Å². The normalized spacial score (nSPS) is 14.9. The second-order valence-corrected chi connectivity index (χ2v) is 6.71. The summed E-state index contributed by atoms with van der Waals surface area (Å²) in [5.74, 6) is -0.217. The second-order valence-electron chi connectivity index (χ2n) is 6.71. The van der Waals surface area contributed by atoms with Crippen molar-refractivity contribution in [2.75, 3.05) is 24.5 Å². The minimum atomic E-state index is -0.153. The summed E-state index contributed by atoms with van der Waals surface area (Å²) in [6.07, 6.45) is 3.37. The van der Waals surface area contributed by atoms with Gasteiger partial charge in [0.15, 0.2) is 0 Å². The molecule has 6 heteroatoms. The van der Waals surface area contributed by atoms with E-state index < -0.39 is 0 Å². The van der Waals surface area contributed by atoms with E-state index in [1.54, 1.807) is 26.7 Å². The van der Waals surface area contributed by atoms with E-state index in [9.17, 15) is 9.59 Å². The number of carbonyl (C=O) groups is 2. The number of amides is 2. The molecule has 0 atom stereocenters. The molecule has 3 aromatic rings. The Kier molecular flexibility index (Phi) is 3.95. The van der Waals surface area contributed by atoms with Crippen LogP contribution in [0.1, 0.15) is 21.5 Å². The van der Waals surface area contributed by atoms with Gasteiger partial charge in [-0.1, -0.05) is 12.1 Å². The summed E-state index contributed by atoms with van der Waals surface area (Å²) < 4.78 is 1.67. The lowest BCUT2D eigenvalue weighted by molar-refractivity contribution is -0.120. The zero-order valence-corrected chi connectivity index (χ0v) is 14.8. The first-order valence-corrected chi connectivity index (χ1v) is 8.63. The number of piperazine rings is 1. The predicted octanol–water partition coefficient (Wildman–Crippen LogP) is 2.44. The maximum atomic E-state index is 12.9. The largest absolute Gasteiger partial charge is 0.327 e. The molecule has 0 bridgehead atoms. The van der Waals surface area contributed by atoms with Gasteiger partial charge in [0.25, 0.3) is 5.91 Å². The Labute approximate surface area is 151 Å². The fraction of sp³-hybridized carbons (Fsp3) is 0.250. The monoisotopic (exact) mass is 348 g/mol. The van der Waals surface area contributed by atoms with E-state index in [4.69, 9.17) is 0 Å². The van der Waals surface area contributed by atoms with Gasteiger partial charge in [0.2, 0.25) is 5.91 Å². The van der Waals surface area contributed by atoms with Crippen LogP contribution in [-0.4, -0.2) is 46.0 Å². The van der Waals surface area contributed by atoms with Crippen LogP contribution < -0.4 is 4.90 Å². The van der Waals surface area contributed by atoms with Crippen molar-refractivity contribution in [2.24, 2.45) is 0 Å². The van der Waals surface area contributed by atoms with Gasteiger partial charge >= 0.3 is 0 Å². The predicted molar refractivity (Wildman–Crippen MR) is 99.4 cm³/mol. The Morgan fingerprint density at radius 2 is 1.85 bits per heavy atom. The van der Waals surface area contributed by atoms with E-state index in [2.05, 4.69) is 11.2 Å². The van der Waals surface area contributed by atoms with Crippen LogP contribution in [0.2, 0.25) is 0 Å². The third-order valence-electron chi connectivity index (χ3n) is 4.68. The fourth-order valence-corrected chi connectivity index (χ4v) is 3.50. The van der Waals surface area contributed by atoms with Crippen LogP contribution in [0.4, 0.5) is 5.69 Å². The number of pyridine rings is 1. The molecule has 1 fully saturated rings. The molecule has 0 spiro atoms. The number of aromatic nitrogens is 2. The zero-order chi connectivity index (χ0) is 18.3. The van der Waals surface area contributed by atoms with E-state index in [1.165, 1.54) is 0 Å². The smallest absolute Gasteiger partial charge is 0.258 e. The van der Waals surface area contributed by atoms with Crippen LogP contribution in [0.15, 0.2) is 48.8 Å². The Balaban J connectivity index is 1.55. The first kappa shape index (κ1) is 16.3. The molecule has 0 aliphatic carbocycles. The van der Waals surface area contributed by atoms with Gasteiger partial charge in [-0.2, -0.15) is 5.10 Å². The van der Waals surface area contributed by atoms with Crippen molar-refractivity contribution in [3.63, 3.8) is 0 Å². The highest BCUT2D eigenvalue weighted by molar-refractivity contribution is 6.04. The van der Waals surface area contributed by atoms with E-state index in [-0.39, 0.29) is 18.4 Å². The lowest BCUT2D eigenvalue weighted by atomic mass is 10.1. The summed E-state index contributed by atoms with van der Waals surface area (Å²) in [6.45, 7) is 5.11. The zero-order valence-electron chi connectivity index (χ0n) is 14.8. The van der Waals surface area contributed by atoms with Crippen LogP contribution in [0.25, 0.3) is 5.52 Å². The molecule has 1 saturated heterocycles. The number of carbonyl (C=O) groups excluding carboxylic acids is 2. The average Bonchev–Trinajstić information content (AvgIpc) is 3.04. The maximum Gasteiger partial charge on any atom is 0.258 e. The Hall–Kier alpha value is -3.15. The summed E-state index contributed by atoms with van der Waals surface area (Å²) >= 11 is 0. The molecule has 0 saturated carbocycles. The van der Waals surface area contributed by atoms with Crippen molar-refractivity contribution in [2.45, 2.75) is 13.8 Å². The molecule has 4 rings (SSSR count). The molecule has 132 valence electrons. The average molecular weight is 348 g/mol. The summed E-state index contributed by atoms with van der Waals surface area (Å²) in [5.41, 5.74) is 4.42. The van der Waals surface area contributed by atoms with Gasteiger partial charge in [-0.15, -0.1) is 0 Å². The SMILES string of the molecule is Cc1cc(C)cc(N2CCN(C(=O)c3cnn4ccccc34)CC2=O)c1. The Bertz CT molecular complexity index is 988. The van der Waals surface area contributed by atoms with E-state index in [1.807, 2.05) is 44.2 Å². The molecule has 0 unspecified atom stereocenters. The first-order chi connectivity index (χ1) is 12.5. The van der Waals surface area contributed by atoms with Crippen molar-refractivity contribution >= 4 is 23.0 Å². The minimum absolute atomic E-state index is 0.0638. The molecule has 2 amide bonds. The summed E-state index contributed by atoms with van der Waals surface area (Å²) in [7, 11) is 0. The standard InChI is InChI=1S/C20H20N4O2/c1-14-9-15(2)11-16(10-14)23-8-7-22(13-19(23)25)20(26)17-12-21-24-6-4-3-5-18(17)24/h3-6,9-12H,7-8,13H2,1-2H3. The number of anilines is 1. The number of rotatable bonds is 2. The van der Waals surface area contributed by atoms with Crippen LogP contribution >= 0.6 is 0 Å². The van der Waals surface area contributed by atoms with Gasteiger partial charge in [0.05, 0.1) is 17.3 Å². The summed E-state index contributed by atoms with van der Waals surface area (Å²) in [6, 6.07) is 11.7. The molecular weight excluding hydrogens is 328 g/mol. The molecular formula is C20H20N4O2. The third-order valence-corrected chi connectivity index (χ3v) is 4.68. The Morgan fingerprint density at radius 1 is 1.08 bits per heavy atom.